The molecule has 7 nitrogen and oxygen atoms in total. The Bertz CT molecular complexity index is 388. The molecule has 1 aromatic rings. The van der Waals surface area contributed by atoms with E-state index in [2.05, 4.69) is 10.5 Å². The van der Waals surface area contributed by atoms with Crippen molar-refractivity contribution >= 4 is 11.9 Å². The molecule has 1 atom stereocenters. The zero-order valence-corrected chi connectivity index (χ0v) is 9.11. The van der Waals surface area contributed by atoms with Gasteiger partial charge in [0.15, 0.2) is 0 Å². The van der Waals surface area contributed by atoms with Gasteiger partial charge in [0.25, 0.3) is 0 Å². The number of aromatic nitrogens is 1. The molecule has 0 saturated heterocycles. The highest BCUT2D eigenvalue weighted by molar-refractivity contribution is 5.96. The Kier molecular flexibility index (Phi) is 4.01. The summed E-state index contributed by atoms with van der Waals surface area (Å²) >= 11 is 0. The third-order valence-corrected chi connectivity index (χ3v) is 1.91. The van der Waals surface area contributed by atoms with E-state index in [9.17, 15) is 9.59 Å². The van der Waals surface area contributed by atoms with Gasteiger partial charge < -0.3 is 15.6 Å². The number of hydrogen-bond donors (Lipinski definition) is 3. The molecule has 1 aromatic heterocycles. The van der Waals surface area contributed by atoms with Gasteiger partial charge in [-0.25, -0.2) is 4.79 Å². The summed E-state index contributed by atoms with van der Waals surface area (Å²) in [7, 11) is 0. The number of nitrogens with one attached hydrogen (secondary N) is 2. The zero-order chi connectivity index (χ0) is 12.1. The van der Waals surface area contributed by atoms with Gasteiger partial charge in [-0.1, -0.05) is 5.16 Å². The molecule has 1 heterocycles. The number of nitrogens with two attached hydrogens (primary N) is 1. The Morgan fingerprint density at radius 1 is 1.62 bits per heavy atom. The van der Waals surface area contributed by atoms with Gasteiger partial charge in [-0.15, -0.1) is 0 Å². The fourth-order valence-electron chi connectivity index (χ4n) is 1.08. The van der Waals surface area contributed by atoms with Gasteiger partial charge in [0.05, 0.1) is 11.7 Å². The van der Waals surface area contributed by atoms with Crippen LogP contribution in [0.15, 0.2) is 10.6 Å². The van der Waals surface area contributed by atoms with Crippen molar-refractivity contribution in [3.05, 3.63) is 17.5 Å². The van der Waals surface area contributed by atoms with Crippen LogP contribution in [0.1, 0.15) is 18.4 Å². The Morgan fingerprint density at radius 3 is 2.81 bits per heavy atom. The van der Waals surface area contributed by atoms with Gasteiger partial charge in [-0.05, 0) is 13.8 Å². The summed E-state index contributed by atoms with van der Waals surface area (Å²) < 4.78 is 4.86. The molecule has 16 heavy (non-hydrogen) atoms. The van der Waals surface area contributed by atoms with Crippen LogP contribution in [-0.2, 0) is 11.3 Å². The first-order chi connectivity index (χ1) is 7.49. The largest absolute Gasteiger partial charge is 0.361 e. The van der Waals surface area contributed by atoms with Crippen LogP contribution in [0.2, 0.25) is 0 Å². The monoisotopic (exact) mass is 226 g/mol. The summed E-state index contributed by atoms with van der Waals surface area (Å²) in [5, 5.41) is 8.60. The number of carbonyl (C=O) groups is 2. The first-order valence-electron chi connectivity index (χ1n) is 4.75. The zero-order valence-electron chi connectivity index (χ0n) is 9.11. The molecular formula is C9H14N4O3. The van der Waals surface area contributed by atoms with Gasteiger partial charge in [0.2, 0.25) is 5.91 Å². The first-order valence-corrected chi connectivity index (χ1v) is 4.75. The standard InChI is InChI=1S/C9H14N4O3/c1-5-3-7(13-16-5)4-11-6(2)8(14)12-9(10)15/h3,6,11H,4H2,1-2H3,(H3,10,12,14,15). The average molecular weight is 226 g/mol. The molecule has 0 saturated carbocycles. The number of aryl methyl sites for hydroxylation is 1. The van der Waals surface area contributed by atoms with E-state index in [0.717, 1.165) is 0 Å². The number of hydrogen-bond acceptors (Lipinski definition) is 5. The minimum Gasteiger partial charge on any atom is -0.361 e. The molecule has 1 rings (SSSR count). The van der Waals surface area contributed by atoms with E-state index in [4.69, 9.17) is 10.3 Å². The second-order valence-electron chi connectivity index (χ2n) is 3.38. The number of amides is 3. The van der Waals surface area contributed by atoms with Crippen LogP contribution < -0.4 is 16.4 Å². The third-order valence-electron chi connectivity index (χ3n) is 1.91. The molecule has 0 aliphatic heterocycles. The van der Waals surface area contributed by atoms with E-state index < -0.39 is 18.0 Å². The van der Waals surface area contributed by atoms with Crippen LogP contribution in [0.5, 0.6) is 0 Å². The summed E-state index contributed by atoms with van der Waals surface area (Å²) in [6.45, 7) is 3.77. The Hall–Kier alpha value is -1.89. The SMILES string of the molecule is Cc1cc(CNC(C)C(=O)NC(N)=O)no1. The highest BCUT2D eigenvalue weighted by Gasteiger charge is 2.14. The minimum atomic E-state index is -0.865. The van der Waals surface area contributed by atoms with Crippen LogP contribution >= 0.6 is 0 Å². The molecule has 0 aliphatic carbocycles. The number of urea groups is 1. The van der Waals surface area contributed by atoms with Crippen molar-refractivity contribution in [3.8, 4) is 0 Å². The number of carbonyl (C=O) groups excluding carboxylic acids is 2. The molecule has 0 aliphatic rings. The molecule has 88 valence electrons. The van der Waals surface area contributed by atoms with Crippen molar-refractivity contribution in [2.24, 2.45) is 5.73 Å². The molecule has 0 fully saturated rings. The summed E-state index contributed by atoms with van der Waals surface area (Å²) in [6, 6.07) is 0.353. The predicted molar refractivity (Wildman–Crippen MR) is 55.3 cm³/mol. The van der Waals surface area contributed by atoms with Crippen LogP contribution in [0.3, 0.4) is 0 Å². The van der Waals surface area contributed by atoms with Crippen molar-refractivity contribution in [2.45, 2.75) is 26.4 Å². The molecule has 3 amide bonds. The van der Waals surface area contributed by atoms with Crippen LogP contribution in [0.4, 0.5) is 4.79 Å². The van der Waals surface area contributed by atoms with Crippen molar-refractivity contribution in [2.75, 3.05) is 0 Å². The molecule has 7 heteroatoms. The Morgan fingerprint density at radius 2 is 2.31 bits per heavy atom. The normalized spacial score (nSPS) is 12.1. The topological polar surface area (TPSA) is 110 Å². The van der Waals surface area contributed by atoms with E-state index in [1.807, 2.05) is 5.32 Å². The van der Waals surface area contributed by atoms with Gasteiger partial charge in [0, 0.05) is 12.6 Å². The second kappa shape index (κ2) is 5.26. The van der Waals surface area contributed by atoms with E-state index in [1.165, 1.54) is 0 Å². The maximum Gasteiger partial charge on any atom is 0.318 e. The summed E-state index contributed by atoms with van der Waals surface area (Å²) in [6.07, 6.45) is 0. The molecule has 0 aromatic carbocycles. The van der Waals surface area contributed by atoms with Crippen molar-refractivity contribution in [1.29, 1.82) is 0 Å². The minimum absolute atomic E-state index is 0.380. The maximum atomic E-state index is 11.3. The Labute approximate surface area is 92.3 Å². The van der Waals surface area contributed by atoms with Crippen molar-refractivity contribution in [1.82, 2.24) is 15.8 Å². The highest BCUT2D eigenvalue weighted by atomic mass is 16.5. The van der Waals surface area contributed by atoms with Gasteiger partial charge in [-0.3, -0.25) is 10.1 Å². The Balaban J connectivity index is 2.37. The van der Waals surface area contributed by atoms with E-state index in [0.29, 0.717) is 18.0 Å². The third kappa shape index (κ3) is 3.70. The molecule has 0 bridgehead atoms. The van der Waals surface area contributed by atoms with Gasteiger partial charge in [0.1, 0.15) is 5.76 Å². The lowest BCUT2D eigenvalue weighted by molar-refractivity contribution is -0.121. The van der Waals surface area contributed by atoms with E-state index in [1.54, 1.807) is 19.9 Å². The summed E-state index contributed by atoms with van der Waals surface area (Å²) in [5.41, 5.74) is 5.51. The number of primary amides is 1. The summed E-state index contributed by atoms with van der Waals surface area (Å²) in [5.74, 6) is 0.221. The molecule has 4 N–H and O–H groups in total. The van der Waals surface area contributed by atoms with E-state index in [-0.39, 0.29) is 0 Å². The van der Waals surface area contributed by atoms with Crippen LogP contribution in [0, 0.1) is 6.92 Å². The lowest BCUT2D eigenvalue weighted by Crippen LogP contribution is -2.46. The lowest BCUT2D eigenvalue weighted by Gasteiger charge is -2.10. The quantitative estimate of drug-likeness (QED) is 0.650. The molecular weight excluding hydrogens is 212 g/mol. The van der Waals surface area contributed by atoms with Crippen molar-refractivity contribution in [3.63, 3.8) is 0 Å². The number of nitrogens with zero attached hydrogens (tertiary/aromatic N) is 1. The van der Waals surface area contributed by atoms with E-state index >= 15 is 0 Å². The fourth-order valence-corrected chi connectivity index (χ4v) is 1.08. The fraction of sp³-hybridized carbons (Fsp3) is 0.444. The van der Waals surface area contributed by atoms with Gasteiger partial charge in [-0.2, -0.15) is 0 Å². The lowest BCUT2D eigenvalue weighted by atomic mass is 10.3. The number of rotatable bonds is 4. The highest BCUT2D eigenvalue weighted by Crippen LogP contribution is 2.00. The second-order valence-corrected chi connectivity index (χ2v) is 3.38. The van der Waals surface area contributed by atoms with Crippen LogP contribution in [0.25, 0.3) is 0 Å². The predicted octanol–water partition coefficient (Wildman–Crippen LogP) is -0.344. The molecule has 0 radical (unpaired) electrons. The van der Waals surface area contributed by atoms with Crippen LogP contribution in [-0.4, -0.2) is 23.1 Å². The molecule has 1 unspecified atom stereocenters. The van der Waals surface area contributed by atoms with Gasteiger partial charge >= 0.3 is 6.03 Å². The molecule has 0 spiro atoms. The smallest absolute Gasteiger partial charge is 0.318 e. The summed E-state index contributed by atoms with van der Waals surface area (Å²) in [4.78, 5) is 21.7. The van der Waals surface area contributed by atoms with Crippen molar-refractivity contribution < 1.29 is 14.1 Å². The average Bonchev–Trinajstić information content (AvgIpc) is 2.59. The number of imide groups is 1. The maximum absolute atomic E-state index is 11.3. The first kappa shape index (κ1) is 12.2.